The highest BCUT2D eigenvalue weighted by Gasteiger charge is 2.30. The van der Waals surface area contributed by atoms with E-state index in [2.05, 4.69) is 42.1 Å². The first-order valence-electron chi connectivity index (χ1n) is 7.62. The third-order valence-corrected chi connectivity index (χ3v) is 3.89. The van der Waals surface area contributed by atoms with Gasteiger partial charge in [-0.15, -0.1) is 0 Å². The summed E-state index contributed by atoms with van der Waals surface area (Å²) in [6.07, 6.45) is 0. The summed E-state index contributed by atoms with van der Waals surface area (Å²) in [5.74, 6) is -0.168. The monoisotopic (exact) mass is 305 g/mol. The van der Waals surface area contributed by atoms with Gasteiger partial charge in [-0.2, -0.15) is 10.1 Å². The molecule has 0 N–H and O–H groups in total. The number of aliphatic imine (C=N–C) groups is 1. The van der Waals surface area contributed by atoms with Crippen LogP contribution in [0.2, 0.25) is 0 Å². The lowest BCUT2D eigenvalue weighted by molar-refractivity contribution is -0.112. The summed E-state index contributed by atoms with van der Waals surface area (Å²) in [5, 5.41) is 5.75. The Morgan fingerprint density at radius 2 is 1.78 bits per heavy atom. The van der Waals surface area contributed by atoms with E-state index in [4.69, 9.17) is 0 Å². The fourth-order valence-electron chi connectivity index (χ4n) is 2.61. The second kappa shape index (κ2) is 6.16. The van der Waals surface area contributed by atoms with Gasteiger partial charge >= 0.3 is 0 Å². The standard InChI is InChI=1S/C19H19N3O/c1-13-9-10-16(14(2)11-13)12-20-18-15(3)21-22(19(18)23)17-7-5-4-6-8-17/h4-11H,12H2,1-3H3. The van der Waals surface area contributed by atoms with E-state index in [-0.39, 0.29) is 5.91 Å². The number of hydrogen-bond donors (Lipinski definition) is 0. The fraction of sp³-hybridized carbons (Fsp3) is 0.211. The molecular formula is C19H19N3O. The molecule has 2 aromatic rings. The van der Waals surface area contributed by atoms with Crippen molar-refractivity contribution in [2.24, 2.45) is 10.1 Å². The average molecular weight is 305 g/mol. The van der Waals surface area contributed by atoms with Crippen LogP contribution in [0.1, 0.15) is 23.6 Å². The second-order valence-electron chi connectivity index (χ2n) is 5.73. The lowest BCUT2D eigenvalue weighted by Crippen LogP contribution is -2.27. The molecule has 3 rings (SSSR count). The van der Waals surface area contributed by atoms with Crippen molar-refractivity contribution in [3.63, 3.8) is 0 Å². The van der Waals surface area contributed by atoms with Crippen LogP contribution in [-0.4, -0.2) is 17.3 Å². The van der Waals surface area contributed by atoms with Gasteiger partial charge in [0.2, 0.25) is 0 Å². The first kappa shape index (κ1) is 15.2. The van der Waals surface area contributed by atoms with Crippen molar-refractivity contribution in [1.29, 1.82) is 0 Å². The smallest absolute Gasteiger partial charge is 0.273 e. The molecule has 0 unspecified atom stereocenters. The van der Waals surface area contributed by atoms with E-state index in [1.165, 1.54) is 16.1 Å². The molecule has 0 saturated carbocycles. The number of rotatable bonds is 3. The first-order chi connectivity index (χ1) is 11.1. The van der Waals surface area contributed by atoms with E-state index in [0.29, 0.717) is 18.0 Å². The van der Waals surface area contributed by atoms with Gasteiger partial charge in [-0.3, -0.25) is 9.79 Å². The zero-order chi connectivity index (χ0) is 16.4. The molecule has 1 heterocycles. The Kier molecular flexibility index (Phi) is 4.06. The van der Waals surface area contributed by atoms with Gasteiger partial charge < -0.3 is 0 Å². The maximum Gasteiger partial charge on any atom is 0.298 e. The predicted octanol–water partition coefficient (Wildman–Crippen LogP) is 3.67. The van der Waals surface area contributed by atoms with Crippen molar-refractivity contribution in [2.45, 2.75) is 27.3 Å². The Morgan fingerprint density at radius 3 is 2.48 bits per heavy atom. The van der Waals surface area contributed by atoms with Crippen molar-refractivity contribution in [3.8, 4) is 0 Å². The van der Waals surface area contributed by atoms with Crippen molar-refractivity contribution in [1.82, 2.24) is 0 Å². The van der Waals surface area contributed by atoms with Gasteiger partial charge in [-0.1, -0.05) is 42.0 Å². The molecule has 1 amide bonds. The fourth-order valence-corrected chi connectivity index (χ4v) is 2.61. The summed E-state index contributed by atoms with van der Waals surface area (Å²) >= 11 is 0. The highest BCUT2D eigenvalue weighted by atomic mass is 16.2. The first-order valence-corrected chi connectivity index (χ1v) is 7.62. The van der Waals surface area contributed by atoms with Gasteiger partial charge in [0, 0.05) is 0 Å². The molecule has 0 atom stereocenters. The van der Waals surface area contributed by atoms with Gasteiger partial charge in [-0.05, 0) is 44.0 Å². The Morgan fingerprint density at radius 1 is 1.04 bits per heavy atom. The maximum absolute atomic E-state index is 12.6. The lowest BCUT2D eigenvalue weighted by Gasteiger charge is -2.10. The van der Waals surface area contributed by atoms with E-state index in [9.17, 15) is 4.79 Å². The molecule has 0 saturated heterocycles. The maximum atomic E-state index is 12.6. The van der Waals surface area contributed by atoms with Crippen molar-refractivity contribution in [2.75, 3.05) is 5.01 Å². The van der Waals surface area contributed by atoms with Crippen LogP contribution in [0.4, 0.5) is 5.69 Å². The molecule has 0 aliphatic carbocycles. The Bertz CT molecular complexity index is 807. The number of para-hydroxylation sites is 1. The molecule has 1 aliphatic heterocycles. The summed E-state index contributed by atoms with van der Waals surface area (Å²) in [6, 6.07) is 15.7. The number of carbonyl (C=O) groups excluding carboxylic acids is 1. The van der Waals surface area contributed by atoms with Crippen LogP contribution >= 0.6 is 0 Å². The van der Waals surface area contributed by atoms with Crippen LogP contribution in [0.25, 0.3) is 0 Å². The molecule has 0 spiro atoms. The number of benzene rings is 2. The zero-order valence-corrected chi connectivity index (χ0v) is 13.6. The molecule has 4 nitrogen and oxygen atoms in total. The van der Waals surface area contributed by atoms with Gasteiger partial charge in [0.05, 0.1) is 17.9 Å². The van der Waals surface area contributed by atoms with Gasteiger partial charge in [-0.25, -0.2) is 0 Å². The van der Waals surface area contributed by atoms with Crippen LogP contribution in [0.3, 0.4) is 0 Å². The second-order valence-corrected chi connectivity index (χ2v) is 5.73. The lowest BCUT2D eigenvalue weighted by atomic mass is 10.1. The highest BCUT2D eigenvalue weighted by Crippen LogP contribution is 2.19. The molecule has 23 heavy (non-hydrogen) atoms. The normalized spacial score (nSPS) is 16.1. The third-order valence-electron chi connectivity index (χ3n) is 3.89. The van der Waals surface area contributed by atoms with Crippen LogP contribution in [0.5, 0.6) is 0 Å². The molecule has 0 aromatic heterocycles. The molecule has 0 bridgehead atoms. The van der Waals surface area contributed by atoms with E-state index >= 15 is 0 Å². The minimum absolute atomic E-state index is 0.168. The number of hydrazone groups is 1. The minimum Gasteiger partial charge on any atom is -0.273 e. The topological polar surface area (TPSA) is 45.0 Å². The molecule has 4 heteroatoms. The minimum atomic E-state index is -0.168. The van der Waals surface area contributed by atoms with Gasteiger partial charge in [0.25, 0.3) is 5.91 Å². The quantitative estimate of drug-likeness (QED) is 0.853. The summed E-state index contributed by atoms with van der Waals surface area (Å²) in [4.78, 5) is 17.1. The summed E-state index contributed by atoms with van der Waals surface area (Å²) < 4.78 is 0. The van der Waals surface area contributed by atoms with Crippen molar-refractivity contribution in [3.05, 3.63) is 65.2 Å². The van der Waals surface area contributed by atoms with E-state index in [1.54, 1.807) is 0 Å². The van der Waals surface area contributed by atoms with Crippen LogP contribution in [0, 0.1) is 13.8 Å². The number of hydrogen-bond acceptors (Lipinski definition) is 3. The van der Waals surface area contributed by atoms with Crippen molar-refractivity contribution >= 4 is 23.0 Å². The predicted molar refractivity (Wildman–Crippen MR) is 94.1 cm³/mol. The number of anilines is 1. The number of amides is 1. The van der Waals surface area contributed by atoms with Crippen LogP contribution < -0.4 is 5.01 Å². The molecule has 2 aromatic carbocycles. The molecule has 0 radical (unpaired) electrons. The number of nitrogens with zero attached hydrogens (tertiary/aromatic N) is 3. The molecule has 116 valence electrons. The van der Waals surface area contributed by atoms with Gasteiger partial charge in [0.15, 0.2) is 0 Å². The summed E-state index contributed by atoms with van der Waals surface area (Å²) in [6.45, 7) is 6.44. The Hall–Kier alpha value is -2.75. The summed E-state index contributed by atoms with van der Waals surface area (Å²) in [5.41, 5.74) is 5.39. The van der Waals surface area contributed by atoms with Crippen LogP contribution in [0.15, 0.2) is 58.6 Å². The van der Waals surface area contributed by atoms with E-state index in [1.807, 2.05) is 37.3 Å². The third kappa shape index (κ3) is 3.06. The Balaban J connectivity index is 1.84. The Labute approximate surface area is 136 Å². The zero-order valence-electron chi connectivity index (χ0n) is 13.6. The van der Waals surface area contributed by atoms with E-state index < -0.39 is 0 Å². The highest BCUT2D eigenvalue weighted by molar-refractivity contribution is 6.71. The SMILES string of the molecule is CC1=NN(c2ccccc2)C(=O)C1=NCc1ccc(C)cc1C. The number of carbonyl (C=O) groups is 1. The van der Waals surface area contributed by atoms with Gasteiger partial charge in [0.1, 0.15) is 5.71 Å². The van der Waals surface area contributed by atoms with E-state index in [0.717, 1.165) is 11.3 Å². The largest absolute Gasteiger partial charge is 0.298 e. The summed E-state index contributed by atoms with van der Waals surface area (Å²) in [7, 11) is 0. The average Bonchev–Trinajstić information content (AvgIpc) is 2.82. The van der Waals surface area contributed by atoms with Crippen molar-refractivity contribution < 1.29 is 4.79 Å². The number of aryl methyl sites for hydroxylation is 2. The molecular weight excluding hydrogens is 286 g/mol. The molecule has 0 fully saturated rings. The van der Waals surface area contributed by atoms with Crippen LogP contribution in [-0.2, 0) is 11.3 Å². The molecule has 1 aliphatic rings.